The molecule has 105 heavy (non-hydrogen) atoms. The lowest BCUT2D eigenvalue weighted by atomic mass is 9.94. The van der Waals surface area contributed by atoms with Crippen molar-refractivity contribution in [1.29, 1.82) is 10.5 Å². The Kier molecular flexibility index (Phi) is 23.4. The Morgan fingerprint density at radius 3 is 1.38 bits per heavy atom. The molecule has 0 fully saturated rings. The molecule has 7 aromatic heterocycles. The Morgan fingerprint density at radius 2 is 0.867 bits per heavy atom. The molecule has 1 radical (unpaired) electrons. The van der Waals surface area contributed by atoms with Gasteiger partial charge in [-0.05, 0) is 107 Å². The van der Waals surface area contributed by atoms with Gasteiger partial charge in [0, 0.05) is 106 Å². The van der Waals surface area contributed by atoms with E-state index >= 15 is 0 Å². The van der Waals surface area contributed by atoms with Crippen LogP contribution in [0.15, 0.2) is 298 Å². The molecular weight excluding hydrogens is 1460 g/mol. The molecule has 0 saturated heterocycles. The van der Waals surface area contributed by atoms with Gasteiger partial charge in [-0.25, -0.2) is 15.0 Å². The minimum Gasteiger partial charge on any atom is -0.536 e. The van der Waals surface area contributed by atoms with Gasteiger partial charge in [-0.3, -0.25) is 15.0 Å². The summed E-state index contributed by atoms with van der Waals surface area (Å²) in [6.45, 7) is 2.00. The van der Waals surface area contributed by atoms with Crippen LogP contribution in [0.3, 0.4) is 0 Å². The van der Waals surface area contributed by atoms with Gasteiger partial charge in [-0.2, -0.15) is 15.7 Å². The van der Waals surface area contributed by atoms with E-state index in [0.29, 0.717) is 66.1 Å². The van der Waals surface area contributed by atoms with E-state index in [0.717, 1.165) is 109 Å². The molecule has 0 atom stereocenters. The van der Waals surface area contributed by atoms with Gasteiger partial charge >= 0.3 is 7.69 Å². The van der Waals surface area contributed by atoms with E-state index in [1.165, 1.54) is 41.3 Å². The quantitative estimate of drug-likeness (QED) is 0.0323. The van der Waals surface area contributed by atoms with E-state index in [4.69, 9.17) is 43.5 Å². The van der Waals surface area contributed by atoms with E-state index in [9.17, 15) is 5.26 Å². The Balaban J connectivity index is 0.000000131. The lowest BCUT2D eigenvalue weighted by molar-refractivity contribution is 0.452. The highest BCUT2D eigenvalue weighted by molar-refractivity contribution is 14.1. The zero-order valence-electron chi connectivity index (χ0n) is 55.9. The monoisotopic (exact) mass is 1520 g/mol. The van der Waals surface area contributed by atoms with Crippen molar-refractivity contribution in [3.8, 4) is 84.9 Å². The van der Waals surface area contributed by atoms with Crippen LogP contribution in [0.4, 0.5) is 17.5 Å². The molecule has 0 bridgehead atoms. The summed E-state index contributed by atoms with van der Waals surface area (Å²) in [4.78, 5) is 26.7. The second kappa shape index (κ2) is 34.7. The molecule has 17 nitrogen and oxygen atoms in total. The Hall–Kier alpha value is -12.8. The number of halogens is 3. The van der Waals surface area contributed by atoms with Crippen molar-refractivity contribution < 1.29 is 9.68 Å². The van der Waals surface area contributed by atoms with Crippen molar-refractivity contribution in [2.75, 3.05) is 16.0 Å². The molecule has 0 aliphatic rings. The maximum Gasteiger partial charge on any atom is 0.569 e. The fourth-order valence-electron chi connectivity index (χ4n) is 12.0. The van der Waals surface area contributed by atoms with E-state index in [-0.39, 0.29) is 0 Å². The summed E-state index contributed by atoms with van der Waals surface area (Å²) in [5, 5.41) is 58.1. The first-order valence-corrected chi connectivity index (χ1v) is 34.9. The zero-order chi connectivity index (χ0) is 72.1. The average Bonchev–Trinajstić information content (AvgIpc) is 0.800. The molecular formula is C84H60BCl2IN15O2. The van der Waals surface area contributed by atoms with Gasteiger partial charge in [-0.1, -0.05) is 260 Å². The average molecular weight is 1520 g/mol. The summed E-state index contributed by atoms with van der Waals surface area (Å²) in [5.41, 5.74) is 15.4. The first kappa shape index (κ1) is 70.7. The Morgan fingerprint density at radius 1 is 0.429 bits per heavy atom. The summed E-state index contributed by atoms with van der Waals surface area (Å²) in [6, 6.07) is 90.0. The first-order valence-electron chi connectivity index (χ1n) is 33.1. The first-order chi connectivity index (χ1) is 51.7. The number of hydrogen-bond donors (Lipinski definition) is 5. The number of aromatic nitrogens is 10. The van der Waals surface area contributed by atoms with E-state index in [1.54, 1.807) is 18.5 Å². The van der Waals surface area contributed by atoms with E-state index < -0.39 is 0 Å². The van der Waals surface area contributed by atoms with Gasteiger partial charge in [0.2, 0.25) is 5.82 Å². The van der Waals surface area contributed by atoms with Gasteiger partial charge < -0.3 is 25.6 Å². The van der Waals surface area contributed by atoms with Crippen molar-refractivity contribution in [2.45, 2.75) is 19.6 Å². The summed E-state index contributed by atoms with van der Waals surface area (Å²) >= 11 is 15.4. The van der Waals surface area contributed by atoms with Crippen LogP contribution >= 0.6 is 45.8 Å². The third-order valence-corrected chi connectivity index (χ3v) is 18.8. The van der Waals surface area contributed by atoms with Gasteiger partial charge in [0.15, 0.2) is 0 Å². The summed E-state index contributed by atoms with van der Waals surface area (Å²) in [5.74, 6) is 3.21. The van der Waals surface area contributed by atoms with E-state index in [1.807, 2.05) is 122 Å². The molecule has 16 aromatic rings. The fraction of sp³-hybridized carbons (Fsp3) is 0.0357. The highest BCUT2D eigenvalue weighted by Gasteiger charge is 2.21. The fourth-order valence-corrected chi connectivity index (χ4v) is 13.0. The minimum atomic E-state index is 0.339. The second-order valence-electron chi connectivity index (χ2n) is 23.5. The standard InChI is InChI=1S/C28H19ClN4.C28H21N7.C22H16ClIN2.C6H4BN2O2/c29-27-25(22-14-20(15-30)16-31-18-22)24-13-7-12-23(21-10-5-2-6-11-21)26(24)28(33-27)32-17-19-8-3-1-4-9-19;1-3-8-19(9-4-1)15-30-28-26-23(20-10-5-2-6-11-20)12-7-13-24(26)25(18-31-28)21-14-22(17-29-16-21)27-32-34-35-33-27;23-21-20(24)18-13-7-12-17(16-10-5-2-6-11-16)19(18)22(26-21)25-14-15-8-3-1-4-9-15;8-2-5-1-6(11-7-10)4-9-3-5/h1-14,16,18H,17H2,(H,32,33);1-14,16-18H,15H2,(H,30,31)(H,32,33,34,35);1-13H,14H2,(H,25,26);1,3-4,10H. The molecule has 0 aliphatic carbocycles. The van der Waals surface area contributed by atoms with Crippen LogP contribution in [-0.4, -0.2) is 63.2 Å². The summed E-state index contributed by atoms with van der Waals surface area (Å²) < 4.78 is 5.54. The number of anilines is 3. The van der Waals surface area contributed by atoms with Gasteiger partial charge in [0.1, 0.15) is 45.6 Å². The third-order valence-electron chi connectivity index (χ3n) is 16.8. The van der Waals surface area contributed by atoms with Crippen LogP contribution in [0.1, 0.15) is 27.8 Å². The number of nitrogens with one attached hydrogen (secondary N) is 4. The Labute approximate surface area is 629 Å². The summed E-state index contributed by atoms with van der Waals surface area (Å²) in [6.07, 6.45) is 11.5. The van der Waals surface area contributed by atoms with Crippen LogP contribution in [0.2, 0.25) is 10.3 Å². The number of nitrogens with zero attached hydrogens (tertiary/aromatic N) is 11. The molecule has 0 aliphatic heterocycles. The number of fused-ring (bicyclic) bond motifs is 3. The molecule has 0 amide bonds. The number of tetrazole rings is 1. The number of H-pyrrole nitrogens is 1. The Bertz CT molecular complexity index is 5720. The van der Waals surface area contributed by atoms with E-state index in [2.05, 4.69) is 229 Å². The molecule has 21 heteroatoms. The van der Waals surface area contributed by atoms with Crippen molar-refractivity contribution >= 4 is 103 Å². The number of nitriles is 2. The van der Waals surface area contributed by atoms with Crippen molar-refractivity contribution in [3.63, 3.8) is 0 Å². The SMILES string of the molecule is Clc1nc(NCc2ccccc2)c2c(-c3ccccc3)cccc2c1I.N#Cc1cncc(-c2c(Cl)nc(NCc3ccccc3)c3c(-c4ccccc4)cccc23)c1.N#Cc1cncc(O[B]O)c1.c1ccc(CNc2ncc(-c3cncc(-c4nn[nH]n4)c3)c3cccc(-c4ccccc4)c23)cc1. The van der Waals surface area contributed by atoms with Crippen LogP contribution < -0.4 is 20.6 Å². The highest BCUT2D eigenvalue weighted by atomic mass is 127. The van der Waals surface area contributed by atoms with Crippen molar-refractivity contribution in [1.82, 2.24) is 50.5 Å². The maximum absolute atomic E-state index is 9.36. The van der Waals surface area contributed by atoms with Crippen LogP contribution in [0.25, 0.3) is 99.3 Å². The molecule has 16 rings (SSSR count). The largest absolute Gasteiger partial charge is 0.569 e. The van der Waals surface area contributed by atoms with Crippen LogP contribution in [-0.2, 0) is 19.6 Å². The minimum absolute atomic E-state index is 0.339. The third kappa shape index (κ3) is 17.3. The van der Waals surface area contributed by atoms with Gasteiger partial charge in [0.25, 0.3) is 0 Å². The van der Waals surface area contributed by atoms with Crippen molar-refractivity contribution in [2.24, 2.45) is 0 Å². The number of pyridine rings is 6. The lowest BCUT2D eigenvalue weighted by Gasteiger charge is -2.17. The summed E-state index contributed by atoms with van der Waals surface area (Å²) in [7, 11) is 0.540. The molecule has 7 heterocycles. The molecule has 507 valence electrons. The van der Waals surface area contributed by atoms with Gasteiger partial charge in [-0.15, -0.1) is 10.2 Å². The number of benzene rings is 9. The van der Waals surface area contributed by atoms with Crippen LogP contribution in [0, 0.1) is 26.2 Å². The molecule has 0 spiro atoms. The molecule has 0 saturated carbocycles. The predicted molar refractivity (Wildman–Crippen MR) is 427 cm³/mol. The lowest BCUT2D eigenvalue weighted by Crippen LogP contribution is -2.04. The maximum atomic E-state index is 9.36. The number of aromatic amines is 1. The zero-order valence-corrected chi connectivity index (χ0v) is 59.6. The highest BCUT2D eigenvalue weighted by Crippen LogP contribution is 2.44. The normalized spacial score (nSPS) is 10.6. The van der Waals surface area contributed by atoms with Crippen molar-refractivity contribution in [3.05, 3.63) is 340 Å². The molecule has 9 aromatic carbocycles. The number of rotatable bonds is 17. The second-order valence-corrected chi connectivity index (χ2v) is 25.3. The predicted octanol–water partition coefficient (Wildman–Crippen LogP) is 19.5. The molecule has 0 unspecified atom stereocenters. The molecule has 5 N–H and O–H groups in total. The number of hydrogen-bond acceptors (Lipinski definition) is 16. The van der Waals surface area contributed by atoms with Crippen LogP contribution in [0.5, 0.6) is 5.75 Å². The topological polar surface area (TPSA) is 245 Å². The smallest absolute Gasteiger partial charge is 0.536 e. The van der Waals surface area contributed by atoms with Gasteiger partial charge in [0.05, 0.1) is 20.9 Å².